The molecule has 1 amide bonds. The lowest BCUT2D eigenvalue weighted by molar-refractivity contribution is -0.116. The van der Waals surface area contributed by atoms with Crippen LogP contribution >= 0.6 is 11.6 Å². The van der Waals surface area contributed by atoms with Crippen molar-refractivity contribution < 1.29 is 9.53 Å². The third kappa shape index (κ3) is 4.39. The molecule has 0 spiro atoms. The molecule has 110 valence electrons. The van der Waals surface area contributed by atoms with E-state index in [1.165, 1.54) is 6.42 Å². The Bertz CT molecular complexity index is 459. The molecule has 1 atom stereocenters. The number of anilines is 1. The number of rotatable bonds is 6. The van der Waals surface area contributed by atoms with Crippen molar-refractivity contribution in [1.82, 2.24) is 5.32 Å². The molecular weight excluding hydrogens is 276 g/mol. The van der Waals surface area contributed by atoms with Gasteiger partial charge in [0.05, 0.1) is 12.3 Å². The van der Waals surface area contributed by atoms with Crippen LogP contribution in [-0.4, -0.2) is 25.6 Å². The first-order valence-electron chi connectivity index (χ1n) is 7.12. The summed E-state index contributed by atoms with van der Waals surface area (Å²) in [6.45, 7) is 4.53. The summed E-state index contributed by atoms with van der Waals surface area (Å²) in [5.74, 6) is 1.27. The molecule has 2 rings (SSSR count). The van der Waals surface area contributed by atoms with Crippen LogP contribution in [0.15, 0.2) is 18.2 Å². The molecule has 2 N–H and O–H groups in total. The number of amides is 1. The number of halogens is 1. The molecule has 1 saturated heterocycles. The Hall–Kier alpha value is -1.26. The Labute approximate surface area is 124 Å². The molecule has 1 aliphatic rings. The van der Waals surface area contributed by atoms with Gasteiger partial charge in [-0.15, -0.1) is 0 Å². The molecule has 5 heteroatoms. The van der Waals surface area contributed by atoms with Crippen LogP contribution < -0.4 is 15.4 Å². The topological polar surface area (TPSA) is 50.4 Å². The maximum absolute atomic E-state index is 12.0. The van der Waals surface area contributed by atoms with Gasteiger partial charge in [-0.1, -0.05) is 11.6 Å². The maximum Gasteiger partial charge on any atom is 0.224 e. The van der Waals surface area contributed by atoms with E-state index in [-0.39, 0.29) is 5.91 Å². The first kappa shape index (κ1) is 15.1. The van der Waals surface area contributed by atoms with E-state index in [1.54, 1.807) is 18.2 Å². The van der Waals surface area contributed by atoms with Crippen molar-refractivity contribution in [2.45, 2.75) is 26.2 Å². The number of nitrogens with one attached hydrogen (secondary N) is 2. The number of carbonyl (C=O) groups excluding carboxylic acids is 1. The first-order chi connectivity index (χ1) is 9.69. The molecule has 1 aromatic carbocycles. The normalized spacial score (nSPS) is 18.0. The minimum atomic E-state index is 0.0279. The summed E-state index contributed by atoms with van der Waals surface area (Å²) >= 11 is 5.94. The quantitative estimate of drug-likeness (QED) is 0.848. The molecule has 1 aliphatic heterocycles. The van der Waals surface area contributed by atoms with Gasteiger partial charge in [0.1, 0.15) is 5.75 Å². The van der Waals surface area contributed by atoms with Gasteiger partial charge in [-0.05, 0) is 50.9 Å². The zero-order valence-corrected chi connectivity index (χ0v) is 12.5. The highest BCUT2D eigenvalue weighted by molar-refractivity contribution is 6.30. The number of hydrogen-bond donors (Lipinski definition) is 2. The smallest absolute Gasteiger partial charge is 0.224 e. The third-order valence-corrected chi connectivity index (χ3v) is 3.69. The molecule has 0 radical (unpaired) electrons. The van der Waals surface area contributed by atoms with Crippen molar-refractivity contribution in [3.8, 4) is 5.75 Å². The lowest BCUT2D eigenvalue weighted by Gasteiger charge is -2.13. The van der Waals surface area contributed by atoms with Gasteiger partial charge in [-0.2, -0.15) is 0 Å². The van der Waals surface area contributed by atoms with Gasteiger partial charge in [-0.3, -0.25) is 4.79 Å². The van der Waals surface area contributed by atoms with E-state index in [9.17, 15) is 4.79 Å². The van der Waals surface area contributed by atoms with Gasteiger partial charge in [0, 0.05) is 17.5 Å². The van der Waals surface area contributed by atoms with E-state index in [4.69, 9.17) is 16.3 Å². The average molecular weight is 297 g/mol. The average Bonchev–Trinajstić information content (AvgIpc) is 2.93. The summed E-state index contributed by atoms with van der Waals surface area (Å²) in [6.07, 6.45) is 2.63. The maximum atomic E-state index is 12.0. The van der Waals surface area contributed by atoms with Crippen LogP contribution in [0, 0.1) is 5.92 Å². The molecular formula is C15H21ClN2O2. The van der Waals surface area contributed by atoms with Crippen LogP contribution in [-0.2, 0) is 4.79 Å². The highest BCUT2D eigenvalue weighted by Gasteiger charge is 2.16. The highest BCUT2D eigenvalue weighted by Crippen LogP contribution is 2.28. The van der Waals surface area contributed by atoms with Crippen LogP contribution in [0.2, 0.25) is 5.02 Å². The van der Waals surface area contributed by atoms with Crippen molar-refractivity contribution in [1.29, 1.82) is 0 Å². The molecule has 1 aromatic rings. The largest absolute Gasteiger partial charge is 0.492 e. The van der Waals surface area contributed by atoms with Crippen molar-refractivity contribution in [2.24, 2.45) is 5.92 Å². The zero-order chi connectivity index (χ0) is 14.4. The van der Waals surface area contributed by atoms with E-state index in [0.29, 0.717) is 35.4 Å². The summed E-state index contributed by atoms with van der Waals surface area (Å²) < 4.78 is 5.49. The van der Waals surface area contributed by atoms with Crippen LogP contribution in [0.5, 0.6) is 5.75 Å². The summed E-state index contributed by atoms with van der Waals surface area (Å²) in [6, 6.07) is 5.25. The Kier molecular flexibility index (Phi) is 5.68. The third-order valence-electron chi connectivity index (χ3n) is 3.46. The molecule has 1 unspecified atom stereocenters. The highest BCUT2D eigenvalue weighted by atomic mass is 35.5. The van der Waals surface area contributed by atoms with Gasteiger partial charge >= 0.3 is 0 Å². The molecule has 0 aliphatic carbocycles. The van der Waals surface area contributed by atoms with Crippen LogP contribution in [0.1, 0.15) is 26.2 Å². The van der Waals surface area contributed by atoms with Crippen LogP contribution in [0.3, 0.4) is 0 Å². The molecule has 0 saturated carbocycles. The summed E-state index contributed by atoms with van der Waals surface area (Å²) in [4.78, 5) is 12.0. The number of benzene rings is 1. The molecule has 0 bridgehead atoms. The second kappa shape index (κ2) is 7.50. The monoisotopic (exact) mass is 296 g/mol. The van der Waals surface area contributed by atoms with Gasteiger partial charge in [0.25, 0.3) is 0 Å². The Morgan fingerprint density at radius 3 is 3.10 bits per heavy atom. The fraction of sp³-hybridized carbons (Fsp3) is 0.533. The van der Waals surface area contributed by atoms with E-state index >= 15 is 0 Å². The predicted octanol–water partition coefficient (Wildman–Crippen LogP) is 3.07. The lowest BCUT2D eigenvalue weighted by Crippen LogP contribution is -2.15. The van der Waals surface area contributed by atoms with Crippen LogP contribution in [0.25, 0.3) is 0 Å². The molecule has 0 aromatic heterocycles. The minimum absolute atomic E-state index is 0.0279. The SMILES string of the molecule is CCOc1cc(Cl)ccc1NC(=O)CCC1CCNC1. The predicted molar refractivity (Wildman–Crippen MR) is 81.5 cm³/mol. The molecule has 4 nitrogen and oxygen atoms in total. The van der Waals surface area contributed by atoms with Gasteiger partial charge < -0.3 is 15.4 Å². The van der Waals surface area contributed by atoms with Crippen molar-refractivity contribution >= 4 is 23.2 Å². The molecule has 20 heavy (non-hydrogen) atoms. The summed E-state index contributed by atoms with van der Waals surface area (Å²) in [5.41, 5.74) is 0.686. The minimum Gasteiger partial charge on any atom is -0.492 e. The van der Waals surface area contributed by atoms with E-state index in [2.05, 4.69) is 10.6 Å². The fourth-order valence-corrected chi connectivity index (χ4v) is 2.55. The Morgan fingerprint density at radius 2 is 2.40 bits per heavy atom. The zero-order valence-electron chi connectivity index (χ0n) is 11.7. The Morgan fingerprint density at radius 1 is 1.55 bits per heavy atom. The number of carbonyl (C=O) groups is 1. The Balaban J connectivity index is 1.89. The van der Waals surface area contributed by atoms with Crippen molar-refractivity contribution in [3.63, 3.8) is 0 Å². The van der Waals surface area contributed by atoms with E-state index < -0.39 is 0 Å². The van der Waals surface area contributed by atoms with Gasteiger partial charge in [0.2, 0.25) is 5.91 Å². The van der Waals surface area contributed by atoms with Gasteiger partial charge in [-0.25, -0.2) is 0 Å². The second-order valence-electron chi connectivity index (χ2n) is 5.02. The van der Waals surface area contributed by atoms with Crippen molar-refractivity contribution in [2.75, 3.05) is 25.0 Å². The second-order valence-corrected chi connectivity index (χ2v) is 5.46. The summed E-state index contributed by atoms with van der Waals surface area (Å²) in [5, 5.41) is 6.82. The molecule has 1 fully saturated rings. The fourth-order valence-electron chi connectivity index (χ4n) is 2.38. The lowest BCUT2D eigenvalue weighted by atomic mass is 10.0. The van der Waals surface area contributed by atoms with E-state index in [1.807, 2.05) is 6.92 Å². The van der Waals surface area contributed by atoms with Crippen molar-refractivity contribution in [3.05, 3.63) is 23.2 Å². The number of hydrogen-bond acceptors (Lipinski definition) is 3. The first-order valence-corrected chi connectivity index (χ1v) is 7.49. The van der Waals surface area contributed by atoms with E-state index in [0.717, 1.165) is 19.5 Å². The van der Waals surface area contributed by atoms with Crippen LogP contribution in [0.4, 0.5) is 5.69 Å². The molecule has 1 heterocycles. The number of ether oxygens (including phenoxy) is 1. The van der Waals surface area contributed by atoms with Gasteiger partial charge in [0.15, 0.2) is 0 Å². The standard InChI is InChI=1S/C15H21ClN2O2/c1-2-20-14-9-12(16)4-5-13(14)18-15(19)6-3-11-7-8-17-10-11/h4-5,9,11,17H,2-3,6-8,10H2,1H3,(H,18,19). The summed E-state index contributed by atoms with van der Waals surface area (Å²) in [7, 11) is 0.